The van der Waals surface area contributed by atoms with Crippen LogP contribution >= 0.6 is 0 Å². The van der Waals surface area contributed by atoms with Gasteiger partial charge < -0.3 is 30.5 Å². The molecule has 0 aliphatic carbocycles. The molecule has 1 aliphatic rings. The van der Waals surface area contributed by atoms with E-state index in [0.29, 0.717) is 0 Å². The van der Waals surface area contributed by atoms with Crippen molar-refractivity contribution in [2.45, 2.75) is 30.6 Å². The summed E-state index contributed by atoms with van der Waals surface area (Å²) in [5, 5.41) is 43.9. The van der Waals surface area contributed by atoms with Crippen LogP contribution in [0.3, 0.4) is 0 Å². The first-order valence-electron chi connectivity index (χ1n) is 7.16. The van der Waals surface area contributed by atoms with Gasteiger partial charge in [-0.2, -0.15) is 0 Å². The van der Waals surface area contributed by atoms with Crippen molar-refractivity contribution < 1.29 is 25.2 Å². The molecule has 1 aliphatic heterocycles. The zero-order chi connectivity index (χ0) is 15.7. The van der Waals surface area contributed by atoms with Gasteiger partial charge in [-0.25, -0.2) is 0 Å². The van der Waals surface area contributed by atoms with E-state index < -0.39 is 37.3 Å². The molecule has 22 heavy (non-hydrogen) atoms. The third-order valence-corrected chi connectivity index (χ3v) is 3.98. The Morgan fingerprint density at radius 3 is 2.41 bits per heavy atom. The Labute approximate surface area is 127 Å². The van der Waals surface area contributed by atoms with Crippen molar-refractivity contribution in [3.63, 3.8) is 0 Å². The smallest absolute Gasteiger partial charge is 0.157 e. The van der Waals surface area contributed by atoms with Crippen LogP contribution in [0.5, 0.6) is 0 Å². The highest BCUT2D eigenvalue weighted by atomic mass is 16.6. The fourth-order valence-electron chi connectivity index (χ4n) is 2.73. The maximum absolute atomic E-state index is 10.1. The van der Waals surface area contributed by atoms with E-state index in [4.69, 9.17) is 4.74 Å². The van der Waals surface area contributed by atoms with Gasteiger partial charge in [-0.1, -0.05) is 36.4 Å². The fourth-order valence-corrected chi connectivity index (χ4v) is 2.73. The summed E-state index contributed by atoms with van der Waals surface area (Å²) in [7, 11) is 0. The fraction of sp³-hybridized carbons (Fsp3) is 0.375. The van der Waals surface area contributed by atoms with E-state index in [9.17, 15) is 20.4 Å². The number of fused-ring (bicyclic) bond motifs is 1. The minimum Gasteiger partial charge on any atom is -0.394 e. The Bertz CT molecular complexity index is 642. The summed E-state index contributed by atoms with van der Waals surface area (Å²) < 4.78 is 5.46. The first-order valence-corrected chi connectivity index (χ1v) is 7.16. The van der Waals surface area contributed by atoms with Crippen LogP contribution in [0.15, 0.2) is 42.5 Å². The number of ether oxygens (including phenoxy) is 1. The Morgan fingerprint density at radius 1 is 0.909 bits per heavy atom. The number of hydrogen-bond donors (Lipinski definition) is 5. The monoisotopic (exact) mass is 305 g/mol. The molecule has 6 heteroatoms. The third-order valence-electron chi connectivity index (χ3n) is 3.98. The highest BCUT2D eigenvalue weighted by molar-refractivity contribution is 5.93. The van der Waals surface area contributed by atoms with Gasteiger partial charge in [0.25, 0.3) is 0 Å². The van der Waals surface area contributed by atoms with Crippen molar-refractivity contribution in [3.8, 4) is 0 Å². The normalized spacial score (nSPS) is 32.1. The quantitative estimate of drug-likeness (QED) is 0.549. The lowest BCUT2D eigenvalue weighted by Crippen LogP contribution is -2.60. The summed E-state index contributed by atoms with van der Waals surface area (Å²) >= 11 is 0. The summed E-state index contributed by atoms with van der Waals surface area (Å²) in [4.78, 5) is 0. The number of anilines is 1. The topological polar surface area (TPSA) is 102 Å². The molecule has 0 radical (unpaired) electrons. The molecule has 1 saturated heterocycles. The second-order valence-corrected chi connectivity index (χ2v) is 5.42. The second-order valence-electron chi connectivity index (χ2n) is 5.42. The van der Waals surface area contributed by atoms with Crippen LogP contribution in [-0.2, 0) is 4.74 Å². The average Bonchev–Trinajstić information content (AvgIpc) is 2.55. The summed E-state index contributed by atoms with van der Waals surface area (Å²) in [6, 6.07) is 13.4. The van der Waals surface area contributed by atoms with Gasteiger partial charge in [0.15, 0.2) is 6.23 Å². The lowest BCUT2D eigenvalue weighted by atomic mass is 9.98. The number of aliphatic hydroxyl groups excluding tert-OH is 4. The molecule has 6 nitrogen and oxygen atoms in total. The van der Waals surface area contributed by atoms with E-state index >= 15 is 0 Å². The van der Waals surface area contributed by atoms with Crippen LogP contribution in [-0.4, -0.2) is 57.7 Å². The van der Waals surface area contributed by atoms with Gasteiger partial charge in [-0.15, -0.1) is 0 Å². The van der Waals surface area contributed by atoms with Crippen molar-refractivity contribution in [1.82, 2.24) is 0 Å². The lowest BCUT2D eigenvalue weighted by molar-refractivity contribution is -0.221. The van der Waals surface area contributed by atoms with Crippen LogP contribution in [0.25, 0.3) is 10.8 Å². The molecule has 1 heterocycles. The van der Waals surface area contributed by atoms with Gasteiger partial charge in [0, 0.05) is 11.1 Å². The highest BCUT2D eigenvalue weighted by Gasteiger charge is 2.43. The highest BCUT2D eigenvalue weighted by Crippen LogP contribution is 2.27. The first-order chi connectivity index (χ1) is 10.6. The van der Waals surface area contributed by atoms with Gasteiger partial charge in [0.1, 0.15) is 24.4 Å². The standard InChI is InChI=1S/C16H19NO5/c18-8-12-13(19)14(20)15(21)16(22-12)17-11-7-3-5-9-4-1-2-6-10(9)11/h1-7,12-21H,8H2/t12-,13-,14+,15+,16-/m1/s1. The second kappa shape index (κ2) is 6.20. The van der Waals surface area contributed by atoms with Crippen LogP contribution < -0.4 is 5.32 Å². The SMILES string of the molecule is OC[C@H]1O[C@@H](Nc2cccc3ccccc23)[C@@H](O)[C@@H](O)[C@@H]1O. The van der Waals surface area contributed by atoms with E-state index in [0.717, 1.165) is 16.5 Å². The predicted octanol–water partition coefficient (Wildman–Crippen LogP) is 0.0516. The molecule has 0 aromatic heterocycles. The average molecular weight is 305 g/mol. The van der Waals surface area contributed by atoms with E-state index in [1.165, 1.54) is 0 Å². The Kier molecular flexibility index (Phi) is 4.28. The predicted molar refractivity (Wildman–Crippen MR) is 81.3 cm³/mol. The zero-order valence-corrected chi connectivity index (χ0v) is 11.8. The molecule has 0 saturated carbocycles. The molecular formula is C16H19NO5. The van der Waals surface area contributed by atoms with Crippen LogP contribution in [0.4, 0.5) is 5.69 Å². The van der Waals surface area contributed by atoms with Crippen molar-refractivity contribution in [3.05, 3.63) is 42.5 Å². The van der Waals surface area contributed by atoms with E-state index in [2.05, 4.69) is 5.32 Å². The number of benzene rings is 2. The van der Waals surface area contributed by atoms with Crippen LogP contribution in [0, 0.1) is 0 Å². The molecular weight excluding hydrogens is 286 g/mol. The van der Waals surface area contributed by atoms with E-state index in [-0.39, 0.29) is 0 Å². The molecule has 0 spiro atoms. The number of aliphatic hydroxyl groups is 4. The van der Waals surface area contributed by atoms with Gasteiger partial charge in [0.2, 0.25) is 0 Å². The molecule has 0 amide bonds. The maximum atomic E-state index is 10.1. The Morgan fingerprint density at radius 2 is 1.64 bits per heavy atom. The maximum Gasteiger partial charge on any atom is 0.157 e. The lowest BCUT2D eigenvalue weighted by Gasteiger charge is -2.40. The Hall–Kier alpha value is -1.70. The number of rotatable bonds is 3. The summed E-state index contributed by atoms with van der Waals surface area (Å²) in [6.45, 7) is -0.446. The summed E-state index contributed by atoms with van der Waals surface area (Å²) in [6.07, 6.45) is -5.91. The zero-order valence-electron chi connectivity index (χ0n) is 11.8. The van der Waals surface area contributed by atoms with Crippen LogP contribution in [0.2, 0.25) is 0 Å². The van der Waals surface area contributed by atoms with E-state index in [1.807, 2.05) is 42.5 Å². The first kappa shape index (κ1) is 15.2. The number of hydrogen-bond acceptors (Lipinski definition) is 6. The molecule has 2 aromatic rings. The summed E-state index contributed by atoms with van der Waals surface area (Å²) in [5.74, 6) is 0. The minimum absolute atomic E-state index is 0.446. The third kappa shape index (κ3) is 2.67. The molecule has 5 atom stereocenters. The van der Waals surface area contributed by atoms with Gasteiger partial charge in [0.05, 0.1) is 6.61 Å². The molecule has 3 rings (SSSR count). The van der Waals surface area contributed by atoms with Gasteiger partial charge in [-0.3, -0.25) is 0 Å². The van der Waals surface area contributed by atoms with Gasteiger partial charge >= 0.3 is 0 Å². The van der Waals surface area contributed by atoms with Crippen LogP contribution in [0.1, 0.15) is 0 Å². The van der Waals surface area contributed by atoms with Gasteiger partial charge in [-0.05, 0) is 11.5 Å². The van der Waals surface area contributed by atoms with Crippen molar-refractivity contribution in [1.29, 1.82) is 0 Å². The number of nitrogens with one attached hydrogen (secondary N) is 1. The minimum atomic E-state index is -1.39. The molecule has 5 N–H and O–H groups in total. The summed E-state index contributed by atoms with van der Waals surface area (Å²) in [5.41, 5.74) is 0.738. The molecule has 2 aromatic carbocycles. The van der Waals surface area contributed by atoms with E-state index in [1.54, 1.807) is 0 Å². The van der Waals surface area contributed by atoms with Crippen molar-refractivity contribution >= 4 is 16.5 Å². The van der Waals surface area contributed by atoms with Crippen molar-refractivity contribution in [2.75, 3.05) is 11.9 Å². The Balaban J connectivity index is 1.87. The molecule has 118 valence electrons. The molecule has 0 unspecified atom stereocenters. The molecule has 1 fully saturated rings. The van der Waals surface area contributed by atoms with Crippen molar-refractivity contribution in [2.24, 2.45) is 0 Å². The molecule has 0 bridgehead atoms. The largest absolute Gasteiger partial charge is 0.394 e.